The second-order valence-electron chi connectivity index (χ2n) is 5.83. The number of hydrogen-bond donors (Lipinski definition) is 1. The zero-order valence-electron chi connectivity index (χ0n) is 14.9. The van der Waals surface area contributed by atoms with Gasteiger partial charge in [-0.05, 0) is 43.7 Å². The molecular formula is C17H20FN3O3S2. The molecule has 2 rings (SSSR count). The molecule has 1 heterocycles. The highest BCUT2D eigenvalue weighted by molar-refractivity contribution is 8.00. The number of halogens is 1. The monoisotopic (exact) mass is 397 g/mol. The number of pyridine rings is 1. The molecule has 140 valence electrons. The van der Waals surface area contributed by atoms with E-state index >= 15 is 0 Å². The first-order valence-electron chi connectivity index (χ1n) is 7.73. The van der Waals surface area contributed by atoms with E-state index in [2.05, 4.69) is 10.3 Å². The van der Waals surface area contributed by atoms with Gasteiger partial charge in [0.1, 0.15) is 10.7 Å². The summed E-state index contributed by atoms with van der Waals surface area (Å²) in [5.74, 6) is -0.687. The number of thioether (sulfide) groups is 1. The van der Waals surface area contributed by atoms with E-state index in [-0.39, 0.29) is 16.6 Å². The molecule has 0 aliphatic carbocycles. The third-order valence-corrected chi connectivity index (χ3v) is 6.44. The van der Waals surface area contributed by atoms with E-state index in [0.717, 1.165) is 4.31 Å². The molecule has 1 aromatic heterocycles. The maximum absolute atomic E-state index is 13.5. The minimum atomic E-state index is -3.54. The Morgan fingerprint density at radius 3 is 2.50 bits per heavy atom. The number of hydrogen-bond acceptors (Lipinski definition) is 5. The predicted octanol–water partition coefficient (Wildman–Crippen LogP) is 2.90. The first-order valence-corrected chi connectivity index (χ1v) is 10.1. The molecule has 0 aliphatic rings. The maximum Gasteiger partial charge on any atom is 0.244 e. The van der Waals surface area contributed by atoms with Crippen LogP contribution in [0.15, 0.2) is 46.5 Å². The highest BCUT2D eigenvalue weighted by atomic mass is 32.2. The molecule has 0 saturated carbocycles. The van der Waals surface area contributed by atoms with Gasteiger partial charge in [0.15, 0.2) is 0 Å². The summed E-state index contributed by atoms with van der Waals surface area (Å²) in [6.45, 7) is 3.34. The Kier molecular flexibility index (Phi) is 6.38. The van der Waals surface area contributed by atoms with Crippen molar-refractivity contribution in [3.8, 4) is 0 Å². The lowest BCUT2D eigenvalue weighted by Gasteiger charge is -2.13. The molecule has 0 unspecified atom stereocenters. The first-order chi connectivity index (χ1) is 12.1. The average Bonchev–Trinajstić information content (AvgIpc) is 2.58. The van der Waals surface area contributed by atoms with Crippen LogP contribution in [0.2, 0.25) is 0 Å². The third-order valence-electron chi connectivity index (χ3n) is 3.59. The minimum Gasteiger partial charge on any atom is -0.325 e. The number of aromatic nitrogens is 1. The summed E-state index contributed by atoms with van der Waals surface area (Å²) in [5, 5.41) is 2.67. The highest BCUT2D eigenvalue weighted by Crippen LogP contribution is 2.24. The topological polar surface area (TPSA) is 79.4 Å². The van der Waals surface area contributed by atoms with E-state index in [0.29, 0.717) is 16.3 Å². The molecule has 1 amide bonds. The van der Waals surface area contributed by atoms with Crippen LogP contribution in [0.5, 0.6) is 0 Å². The van der Waals surface area contributed by atoms with Gasteiger partial charge in [-0.2, -0.15) is 0 Å². The lowest BCUT2D eigenvalue weighted by molar-refractivity contribution is -0.115. The zero-order chi connectivity index (χ0) is 19.5. The van der Waals surface area contributed by atoms with Crippen LogP contribution in [-0.2, 0) is 14.8 Å². The van der Waals surface area contributed by atoms with Gasteiger partial charge >= 0.3 is 0 Å². The Hall–Kier alpha value is -1.97. The minimum absolute atomic E-state index is 0.0825. The van der Waals surface area contributed by atoms with Crippen LogP contribution in [0, 0.1) is 12.7 Å². The van der Waals surface area contributed by atoms with E-state index in [1.165, 1.54) is 44.2 Å². The van der Waals surface area contributed by atoms with Crippen molar-refractivity contribution in [1.29, 1.82) is 0 Å². The van der Waals surface area contributed by atoms with Gasteiger partial charge in [0.25, 0.3) is 0 Å². The van der Waals surface area contributed by atoms with Gasteiger partial charge in [0.05, 0.1) is 10.3 Å². The van der Waals surface area contributed by atoms with Gasteiger partial charge in [-0.15, -0.1) is 0 Å². The molecule has 0 radical (unpaired) electrons. The van der Waals surface area contributed by atoms with Gasteiger partial charge in [-0.25, -0.2) is 22.1 Å². The summed E-state index contributed by atoms with van der Waals surface area (Å²) < 4.78 is 38.7. The number of sulfonamides is 1. The van der Waals surface area contributed by atoms with Gasteiger partial charge in [-0.3, -0.25) is 4.79 Å². The molecule has 1 atom stereocenters. The molecule has 0 spiro atoms. The summed E-state index contributed by atoms with van der Waals surface area (Å²) in [4.78, 5) is 16.4. The number of benzene rings is 1. The van der Waals surface area contributed by atoms with Crippen molar-refractivity contribution in [3.05, 3.63) is 47.9 Å². The quantitative estimate of drug-likeness (QED) is 0.758. The summed E-state index contributed by atoms with van der Waals surface area (Å²) in [6, 6.07) is 7.49. The second kappa shape index (κ2) is 8.15. The zero-order valence-corrected chi connectivity index (χ0v) is 16.5. The molecule has 2 aromatic rings. The second-order valence-corrected chi connectivity index (χ2v) is 9.35. The van der Waals surface area contributed by atoms with Crippen molar-refractivity contribution in [1.82, 2.24) is 9.29 Å². The van der Waals surface area contributed by atoms with E-state index in [4.69, 9.17) is 0 Å². The number of carbonyl (C=O) groups excluding carboxylic acids is 1. The Labute approximate surface area is 156 Å². The molecule has 1 N–H and O–H groups in total. The Morgan fingerprint density at radius 2 is 1.96 bits per heavy atom. The normalized spacial score (nSPS) is 12.8. The molecule has 26 heavy (non-hydrogen) atoms. The van der Waals surface area contributed by atoms with Gasteiger partial charge < -0.3 is 5.32 Å². The van der Waals surface area contributed by atoms with Crippen molar-refractivity contribution in [2.24, 2.45) is 0 Å². The van der Waals surface area contributed by atoms with Crippen LogP contribution < -0.4 is 5.32 Å². The summed E-state index contributed by atoms with van der Waals surface area (Å²) in [7, 11) is -0.654. The van der Waals surface area contributed by atoms with E-state index < -0.39 is 15.3 Å². The third kappa shape index (κ3) is 4.80. The van der Waals surface area contributed by atoms with Crippen LogP contribution >= 0.6 is 11.8 Å². The van der Waals surface area contributed by atoms with Crippen molar-refractivity contribution in [2.45, 2.75) is 29.0 Å². The number of nitrogens with one attached hydrogen (secondary N) is 1. The number of nitrogens with zero attached hydrogens (tertiary/aromatic N) is 2. The Balaban J connectivity index is 2.03. The standard InChI is InChI=1S/C17H20FN3O3S2/c1-11-5-6-13(9-15(11)18)20-17(22)12(2)25-16-8-7-14(10-19-16)26(23,24)21(3)4/h5-10,12H,1-4H3,(H,20,22)/t12-/m0/s1. The van der Waals surface area contributed by atoms with E-state index in [1.807, 2.05) is 0 Å². The molecule has 9 heteroatoms. The predicted molar refractivity (Wildman–Crippen MR) is 100 cm³/mol. The van der Waals surface area contributed by atoms with Crippen LogP contribution in [0.25, 0.3) is 0 Å². The summed E-state index contributed by atoms with van der Waals surface area (Å²) in [6.07, 6.45) is 1.26. The molecule has 6 nitrogen and oxygen atoms in total. The maximum atomic E-state index is 13.5. The molecule has 0 aliphatic heterocycles. The lowest BCUT2D eigenvalue weighted by atomic mass is 10.2. The van der Waals surface area contributed by atoms with Crippen LogP contribution in [0.3, 0.4) is 0 Å². The molecule has 0 fully saturated rings. The first kappa shape index (κ1) is 20.3. The molecule has 1 aromatic carbocycles. The fraction of sp³-hybridized carbons (Fsp3) is 0.294. The molecule has 0 saturated heterocycles. The molecular weight excluding hydrogens is 377 g/mol. The smallest absolute Gasteiger partial charge is 0.244 e. The highest BCUT2D eigenvalue weighted by Gasteiger charge is 2.19. The van der Waals surface area contributed by atoms with Crippen molar-refractivity contribution in [3.63, 3.8) is 0 Å². The van der Waals surface area contributed by atoms with Crippen molar-refractivity contribution in [2.75, 3.05) is 19.4 Å². The van der Waals surface area contributed by atoms with Crippen LogP contribution in [0.1, 0.15) is 12.5 Å². The van der Waals surface area contributed by atoms with Crippen molar-refractivity contribution < 1.29 is 17.6 Å². The van der Waals surface area contributed by atoms with Crippen LogP contribution in [0.4, 0.5) is 10.1 Å². The van der Waals surface area contributed by atoms with Gasteiger partial charge in [-0.1, -0.05) is 17.8 Å². The fourth-order valence-corrected chi connectivity index (χ4v) is 3.58. The number of anilines is 1. The average molecular weight is 397 g/mol. The summed E-state index contributed by atoms with van der Waals surface area (Å²) >= 11 is 1.18. The Bertz CT molecular complexity index is 900. The van der Waals surface area contributed by atoms with Crippen LogP contribution in [-0.4, -0.2) is 43.0 Å². The number of rotatable bonds is 6. The fourth-order valence-electron chi connectivity index (χ4n) is 1.95. The SMILES string of the molecule is Cc1ccc(NC(=O)[C@H](C)Sc2ccc(S(=O)(=O)N(C)C)cn2)cc1F. The van der Waals surface area contributed by atoms with E-state index in [9.17, 15) is 17.6 Å². The summed E-state index contributed by atoms with van der Waals surface area (Å²) in [5.41, 5.74) is 0.883. The van der Waals surface area contributed by atoms with Gasteiger partial charge in [0, 0.05) is 26.0 Å². The van der Waals surface area contributed by atoms with E-state index in [1.54, 1.807) is 32.0 Å². The largest absolute Gasteiger partial charge is 0.325 e. The Morgan fingerprint density at radius 1 is 1.27 bits per heavy atom. The number of amides is 1. The van der Waals surface area contributed by atoms with Crippen molar-refractivity contribution >= 4 is 33.4 Å². The molecule has 0 bridgehead atoms. The number of carbonyl (C=O) groups is 1. The van der Waals surface area contributed by atoms with Gasteiger partial charge in [0.2, 0.25) is 15.9 Å². The lowest BCUT2D eigenvalue weighted by Crippen LogP contribution is -2.23. The number of aryl methyl sites for hydroxylation is 1.